The van der Waals surface area contributed by atoms with Crippen LogP contribution in [-0.4, -0.2) is 48.0 Å². The smallest absolute Gasteiger partial charge is 0.320 e. The summed E-state index contributed by atoms with van der Waals surface area (Å²) in [6, 6.07) is 1.48. The SMILES string of the molecule is CCC1CC(=O)NC(n2nc(C)cc2NC(=O)NCCOC)N1. The van der Waals surface area contributed by atoms with Crippen LogP contribution in [0.5, 0.6) is 0 Å². The van der Waals surface area contributed by atoms with E-state index in [1.54, 1.807) is 17.9 Å². The van der Waals surface area contributed by atoms with Crippen molar-refractivity contribution < 1.29 is 14.3 Å². The molecule has 0 bridgehead atoms. The Morgan fingerprint density at radius 3 is 3.04 bits per heavy atom. The molecule has 2 rings (SSSR count). The first kappa shape index (κ1) is 17.2. The fourth-order valence-corrected chi connectivity index (χ4v) is 2.39. The highest BCUT2D eigenvalue weighted by atomic mass is 16.5. The molecule has 1 aromatic rings. The molecule has 9 nitrogen and oxygen atoms in total. The topological polar surface area (TPSA) is 109 Å². The minimum absolute atomic E-state index is 0.0377. The zero-order chi connectivity index (χ0) is 16.8. The molecule has 0 saturated carbocycles. The number of nitrogens with zero attached hydrogens (tertiary/aromatic N) is 2. The number of aryl methyl sites for hydroxylation is 1. The van der Waals surface area contributed by atoms with Gasteiger partial charge in [-0.3, -0.25) is 15.4 Å². The minimum Gasteiger partial charge on any atom is -0.383 e. The van der Waals surface area contributed by atoms with Crippen molar-refractivity contribution in [1.29, 1.82) is 0 Å². The Kier molecular flexibility index (Phi) is 5.94. The molecule has 128 valence electrons. The molecule has 9 heteroatoms. The molecule has 0 radical (unpaired) electrons. The van der Waals surface area contributed by atoms with E-state index in [4.69, 9.17) is 4.74 Å². The predicted octanol–water partition coefficient (Wildman–Crippen LogP) is 0.304. The number of carbonyl (C=O) groups is 2. The van der Waals surface area contributed by atoms with E-state index in [1.165, 1.54) is 0 Å². The average Bonchev–Trinajstić information content (AvgIpc) is 2.87. The molecule has 1 saturated heterocycles. The molecule has 3 amide bonds. The zero-order valence-electron chi connectivity index (χ0n) is 13.7. The summed E-state index contributed by atoms with van der Waals surface area (Å²) in [6.07, 6.45) is 0.794. The Labute approximate surface area is 135 Å². The maximum atomic E-state index is 11.9. The average molecular weight is 324 g/mol. The second-order valence-electron chi connectivity index (χ2n) is 5.44. The standard InChI is InChI=1S/C14H24N6O3/c1-4-10-8-12(21)18-13(16-10)20-11(7-9(2)19-20)17-14(22)15-5-6-23-3/h7,10,13,16H,4-6,8H2,1-3H3,(H,18,21)(H2,15,17,22). The summed E-state index contributed by atoms with van der Waals surface area (Å²) in [7, 11) is 1.57. The van der Waals surface area contributed by atoms with Crippen molar-refractivity contribution in [1.82, 2.24) is 25.7 Å². The van der Waals surface area contributed by atoms with E-state index >= 15 is 0 Å². The number of hydrogen-bond donors (Lipinski definition) is 4. The number of anilines is 1. The van der Waals surface area contributed by atoms with Gasteiger partial charge in [0.15, 0.2) is 6.29 Å². The van der Waals surface area contributed by atoms with Gasteiger partial charge in [0.2, 0.25) is 5.91 Å². The van der Waals surface area contributed by atoms with Crippen LogP contribution in [0, 0.1) is 6.92 Å². The van der Waals surface area contributed by atoms with Crippen molar-refractivity contribution >= 4 is 17.8 Å². The predicted molar refractivity (Wildman–Crippen MR) is 84.9 cm³/mol. The van der Waals surface area contributed by atoms with Crippen LogP contribution >= 0.6 is 0 Å². The molecule has 2 unspecified atom stereocenters. The number of hydrogen-bond acceptors (Lipinski definition) is 5. The number of methoxy groups -OCH3 is 1. The largest absolute Gasteiger partial charge is 0.383 e. The first-order valence-corrected chi connectivity index (χ1v) is 7.68. The molecule has 23 heavy (non-hydrogen) atoms. The Hall–Kier alpha value is -2.13. The third kappa shape index (κ3) is 4.67. The summed E-state index contributed by atoms with van der Waals surface area (Å²) < 4.78 is 6.46. The third-order valence-electron chi connectivity index (χ3n) is 3.55. The number of ether oxygens (including phenoxy) is 1. The van der Waals surface area contributed by atoms with Crippen molar-refractivity contribution in [2.45, 2.75) is 39.0 Å². The van der Waals surface area contributed by atoms with Crippen LogP contribution in [0.25, 0.3) is 0 Å². The summed E-state index contributed by atoms with van der Waals surface area (Å²) in [5, 5.41) is 15.9. The van der Waals surface area contributed by atoms with Crippen molar-refractivity contribution in [2.24, 2.45) is 0 Å². The lowest BCUT2D eigenvalue weighted by molar-refractivity contribution is -0.125. The molecule has 2 atom stereocenters. The van der Waals surface area contributed by atoms with Gasteiger partial charge in [-0.05, 0) is 13.3 Å². The zero-order valence-corrected chi connectivity index (χ0v) is 13.7. The second-order valence-corrected chi connectivity index (χ2v) is 5.44. The molecule has 2 heterocycles. The lowest BCUT2D eigenvalue weighted by Crippen LogP contribution is -2.53. The van der Waals surface area contributed by atoms with E-state index in [1.807, 2.05) is 13.8 Å². The van der Waals surface area contributed by atoms with Crippen molar-refractivity contribution in [3.8, 4) is 0 Å². The number of amides is 3. The van der Waals surface area contributed by atoms with E-state index in [-0.39, 0.29) is 18.0 Å². The quantitative estimate of drug-likeness (QED) is 0.563. The van der Waals surface area contributed by atoms with Crippen LogP contribution in [0.3, 0.4) is 0 Å². The first-order valence-electron chi connectivity index (χ1n) is 7.68. The van der Waals surface area contributed by atoms with Crippen LogP contribution in [-0.2, 0) is 9.53 Å². The Morgan fingerprint density at radius 1 is 1.57 bits per heavy atom. The van der Waals surface area contributed by atoms with Crippen LogP contribution < -0.4 is 21.3 Å². The Morgan fingerprint density at radius 2 is 2.35 bits per heavy atom. The Balaban J connectivity index is 2.07. The number of urea groups is 1. The first-order chi connectivity index (χ1) is 11.0. The fraction of sp³-hybridized carbons (Fsp3) is 0.643. The Bertz CT molecular complexity index is 559. The minimum atomic E-state index is -0.482. The fourth-order valence-electron chi connectivity index (χ4n) is 2.39. The highest BCUT2D eigenvalue weighted by Gasteiger charge is 2.28. The van der Waals surface area contributed by atoms with Gasteiger partial charge in [0, 0.05) is 32.2 Å². The van der Waals surface area contributed by atoms with Crippen molar-refractivity contribution in [3.05, 3.63) is 11.8 Å². The maximum Gasteiger partial charge on any atom is 0.320 e. The van der Waals surface area contributed by atoms with Gasteiger partial charge < -0.3 is 15.4 Å². The van der Waals surface area contributed by atoms with Crippen LogP contribution in [0.4, 0.5) is 10.6 Å². The number of nitrogens with one attached hydrogen (secondary N) is 4. The highest BCUT2D eigenvalue weighted by molar-refractivity contribution is 5.88. The normalized spacial score (nSPS) is 20.9. The lowest BCUT2D eigenvalue weighted by atomic mass is 10.1. The third-order valence-corrected chi connectivity index (χ3v) is 3.55. The molecule has 1 aromatic heterocycles. The van der Waals surface area contributed by atoms with Gasteiger partial charge >= 0.3 is 6.03 Å². The van der Waals surface area contributed by atoms with Crippen LogP contribution in [0.15, 0.2) is 6.07 Å². The van der Waals surface area contributed by atoms with Gasteiger partial charge in [-0.1, -0.05) is 6.92 Å². The molecule has 1 fully saturated rings. The van der Waals surface area contributed by atoms with Gasteiger partial charge in [-0.2, -0.15) is 5.10 Å². The van der Waals surface area contributed by atoms with Gasteiger partial charge in [0.1, 0.15) is 5.82 Å². The molecule has 0 spiro atoms. The molecule has 1 aliphatic heterocycles. The van der Waals surface area contributed by atoms with Crippen molar-refractivity contribution in [3.63, 3.8) is 0 Å². The van der Waals surface area contributed by atoms with E-state index in [0.717, 1.165) is 12.1 Å². The molecule has 1 aliphatic rings. The van der Waals surface area contributed by atoms with Gasteiger partial charge in [0.05, 0.1) is 12.3 Å². The highest BCUT2D eigenvalue weighted by Crippen LogP contribution is 2.17. The van der Waals surface area contributed by atoms with E-state index in [2.05, 4.69) is 26.4 Å². The summed E-state index contributed by atoms with van der Waals surface area (Å²) in [4.78, 5) is 23.7. The number of rotatable bonds is 6. The number of aromatic nitrogens is 2. The molecule has 0 aliphatic carbocycles. The van der Waals surface area contributed by atoms with Gasteiger partial charge in [-0.15, -0.1) is 0 Å². The summed E-state index contributed by atoms with van der Waals surface area (Å²) in [5.74, 6) is 0.469. The van der Waals surface area contributed by atoms with E-state index in [0.29, 0.717) is 25.4 Å². The molecular weight excluding hydrogens is 300 g/mol. The monoisotopic (exact) mass is 324 g/mol. The molecule has 4 N–H and O–H groups in total. The molecule has 0 aromatic carbocycles. The number of carbonyl (C=O) groups excluding carboxylic acids is 2. The second kappa shape index (κ2) is 7.93. The van der Waals surface area contributed by atoms with E-state index in [9.17, 15) is 9.59 Å². The molecular formula is C14H24N6O3. The lowest BCUT2D eigenvalue weighted by Gasteiger charge is -2.31. The van der Waals surface area contributed by atoms with Gasteiger partial charge in [-0.25, -0.2) is 9.48 Å². The summed E-state index contributed by atoms with van der Waals surface area (Å²) >= 11 is 0. The van der Waals surface area contributed by atoms with Crippen LogP contribution in [0.2, 0.25) is 0 Å². The van der Waals surface area contributed by atoms with Gasteiger partial charge in [0.25, 0.3) is 0 Å². The van der Waals surface area contributed by atoms with E-state index < -0.39 is 6.29 Å². The van der Waals surface area contributed by atoms with Crippen LogP contribution in [0.1, 0.15) is 31.7 Å². The maximum absolute atomic E-state index is 11.9. The summed E-state index contributed by atoms with van der Waals surface area (Å²) in [6.45, 7) is 4.69. The summed E-state index contributed by atoms with van der Waals surface area (Å²) in [5.41, 5.74) is 0.742. The van der Waals surface area contributed by atoms with Crippen molar-refractivity contribution in [2.75, 3.05) is 25.6 Å².